The molecule has 0 aliphatic rings. The summed E-state index contributed by atoms with van der Waals surface area (Å²) in [5, 5.41) is 4.56. The van der Waals surface area contributed by atoms with Crippen LogP contribution in [0.15, 0.2) is 18.7 Å². The summed E-state index contributed by atoms with van der Waals surface area (Å²) in [6.07, 6.45) is 6.28. The van der Waals surface area contributed by atoms with Gasteiger partial charge in [0.05, 0.1) is 5.39 Å². The van der Waals surface area contributed by atoms with Crippen LogP contribution in [-0.2, 0) is 13.5 Å². The second-order valence-electron chi connectivity index (χ2n) is 4.82. The molecule has 3 heterocycles. The van der Waals surface area contributed by atoms with Gasteiger partial charge in [-0.25, -0.2) is 15.0 Å². The lowest BCUT2D eigenvalue weighted by molar-refractivity contribution is 0.789. The van der Waals surface area contributed by atoms with Crippen molar-refractivity contribution in [2.45, 2.75) is 20.3 Å². The molecule has 1 N–H and O–H groups in total. The molecule has 0 radical (unpaired) electrons. The normalized spacial score (nSPS) is 11.2. The number of fused-ring (bicyclic) bond motifs is 1. The Hall–Kier alpha value is -1.95. The lowest BCUT2D eigenvalue weighted by Crippen LogP contribution is -2.10. The molecule has 0 aliphatic heterocycles. The van der Waals surface area contributed by atoms with Crippen molar-refractivity contribution >= 4 is 27.4 Å². The Morgan fingerprint density at radius 1 is 1.25 bits per heavy atom. The highest BCUT2D eigenvalue weighted by molar-refractivity contribution is 7.18. The standard InChI is InChI=1S/C14H17N5S/c1-9-10(2)20-14-12(9)13(17-8-18-14)16-5-4-11-15-6-7-19(11)3/h6-8H,4-5H2,1-3H3,(H,16,17,18). The van der Waals surface area contributed by atoms with Crippen molar-refractivity contribution in [3.05, 3.63) is 35.0 Å². The Bertz CT molecular complexity index is 743. The molecule has 0 fully saturated rings. The molecule has 0 saturated carbocycles. The van der Waals surface area contributed by atoms with E-state index in [0.717, 1.165) is 34.8 Å². The first kappa shape index (κ1) is 13.1. The van der Waals surface area contributed by atoms with Crippen molar-refractivity contribution in [3.8, 4) is 0 Å². The van der Waals surface area contributed by atoms with Gasteiger partial charge in [-0.05, 0) is 19.4 Å². The largest absolute Gasteiger partial charge is 0.369 e. The third-order valence-corrected chi connectivity index (χ3v) is 4.64. The second-order valence-corrected chi connectivity index (χ2v) is 6.02. The predicted octanol–water partition coefficient (Wildman–Crippen LogP) is 2.70. The average Bonchev–Trinajstić information content (AvgIpc) is 2.96. The highest BCUT2D eigenvalue weighted by Crippen LogP contribution is 2.32. The number of thiophene rings is 1. The zero-order valence-corrected chi connectivity index (χ0v) is 12.7. The zero-order valence-electron chi connectivity index (χ0n) is 11.8. The fraction of sp³-hybridized carbons (Fsp3) is 0.357. The van der Waals surface area contributed by atoms with E-state index in [1.807, 2.05) is 24.0 Å². The summed E-state index contributed by atoms with van der Waals surface area (Å²) in [5.74, 6) is 1.99. The summed E-state index contributed by atoms with van der Waals surface area (Å²) in [4.78, 5) is 15.4. The van der Waals surface area contributed by atoms with Crippen LogP contribution in [0.3, 0.4) is 0 Å². The van der Waals surface area contributed by atoms with Gasteiger partial charge in [0.2, 0.25) is 0 Å². The first-order valence-corrected chi connectivity index (χ1v) is 7.39. The molecule has 0 atom stereocenters. The summed E-state index contributed by atoms with van der Waals surface area (Å²) in [7, 11) is 2.01. The third-order valence-electron chi connectivity index (χ3n) is 3.53. The summed E-state index contributed by atoms with van der Waals surface area (Å²) in [6.45, 7) is 5.06. The number of imidazole rings is 1. The predicted molar refractivity (Wildman–Crippen MR) is 82.3 cm³/mol. The summed E-state index contributed by atoms with van der Waals surface area (Å²) < 4.78 is 2.04. The van der Waals surface area contributed by atoms with Gasteiger partial charge >= 0.3 is 0 Å². The lowest BCUT2D eigenvalue weighted by Gasteiger charge is -2.07. The number of hydrogen-bond donors (Lipinski definition) is 1. The van der Waals surface area contributed by atoms with Crippen LogP contribution in [0.5, 0.6) is 0 Å². The zero-order chi connectivity index (χ0) is 14.1. The first-order valence-electron chi connectivity index (χ1n) is 6.57. The van der Waals surface area contributed by atoms with E-state index in [2.05, 4.69) is 34.1 Å². The van der Waals surface area contributed by atoms with Gasteiger partial charge in [0.1, 0.15) is 22.8 Å². The minimum Gasteiger partial charge on any atom is -0.369 e. The van der Waals surface area contributed by atoms with Crippen LogP contribution in [0.4, 0.5) is 5.82 Å². The van der Waals surface area contributed by atoms with E-state index in [9.17, 15) is 0 Å². The number of anilines is 1. The minimum atomic E-state index is 0.811. The molecule has 0 unspecified atom stereocenters. The molecule has 6 heteroatoms. The van der Waals surface area contributed by atoms with E-state index in [4.69, 9.17) is 0 Å². The number of nitrogens with one attached hydrogen (secondary N) is 1. The molecule has 0 aromatic carbocycles. The van der Waals surface area contributed by atoms with E-state index in [1.54, 1.807) is 17.7 Å². The van der Waals surface area contributed by atoms with Gasteiger partial charge in [-0.2, -0.15) is 0 Å². The highest BCUT2D eigenvalue weighted by Gasteiger charge is 2.11. The van der Waals surface area contributed by atoms with E-state index < -0.39 is 0 Å². The van der Waals surface area contributed by atoms with E-state index in [-0.39, 0.29) is 0 Å². The highest BCUT2D eigenvalue weighted by atomic mass is 32.1. The quantitative estimate of drug-likeness (QED) is 0.801. The van der Waals surface area contributed by atoms with Crippen LogP contribution in [0, 0.1) is 13.8 Å². The summed E-state index contributed by atoms with van der Waals surface area (Å²) in [6, 6.07) is 0. The van der Waals surface area contributed by atoms with Crippen LogP contribution >= 0.6 is 11.3 Å². The van der Waals surface area contributed by atoms with Crippen molar-refractivity contribution in [3.63, 3.8) is 0 Å². The number of aryl methyl sites for hydroxylation is 3. The Morgan fingerprint density at radius 3 is 2.85 bits per heavy atom. The van der Waals surface area contributed by atoms with Crippen molar-refractivity contribution < 1.29 is 0 Å². The molecule has 104 valence electrons. The molecule has 0 spiro atoms. The van der Waals surface area contributed by atoms with Crippen molar-refractivity contribution in [2.24, 2.45) is 7.05 Å². The SMILES string of the molecule is Cc1sc2ncnc(NCCc3nccn3C)c2c1C. The molecule has 20 heavy (non-hydrogen) atoms. The van der Waals surface area contributed by atoms with E-state index >= 15 is 0 Å². The smallest absolute Gasteiger partial charge is 0.138 e. The van der Waals surface area contributed by atoms with Gasteiger partial charge in [0.25, 0.3) is 0 Å². The molecule has 0 amide bonds. The molecule has 0 bridgehead atoms. The maximum atomic E-state index is 4.38. The molecular weight excluding hydrogens is 270 g/mol. The lowest BCUT2D eigenvalue weighted by atomic mass is 10.2. The maximum absolute atomic E-state index is 4.38. The summed E-state index contributed by atoms with van der Waals surface area (Å²) in [5.41, 5.74) is 1.27. The van der Waals surface area contributed by atoms with Crippen molar-refractivity contribution in [1.82, 2.24) is 19.5 Å². The van der Waals surface area contributed by atoms with Crippen LogP contribution in [0.2, 0.25) is 0 Å². The summed E-state index contributed by atoms with van der Waals surface area (Å²) >= 11 is 1.72. The third kappa shape index (κ3) is 2.27. The van der Waals surface area contributed by atoms with Crippen LogP contribution in [0.1, 0.15) is 16.3 Å². The monoisotopic (exact) mass is 287 g/mol. The van der Waals surface area contributed by atoms with Gasteiger partial charge in [0.15, 0.2) is 0 Å². The van der Waals surface area contributed by atoms with Gasteiger partial charge < -0.3 is 9.88 Å². The van der Waals surface area contributed by atoms with E-state index in [1.165, 1.54) is 10.4 Å². The molecule has 5 nitrogen and oxygen atoms in total. The van der Waals surface area contributed by atoms with Crippen LogP contribution in [-0.4, -0.2) is 26.1 Å². The molecular formula is C14H17N5S. The maximum Gasteiger partial charge on any atom is 0.138 e. The van der Waals surface area contributed by atoms with Gasteiger partial charge in [-0.1, -0.05) is 0 Å². The molecule has 0 aliphatic carbocycles. The Balaban J connectivity index is 1.79. The van der Waals surface area contributed by atoms with E-state index in [0.29, 0.717) is 0 Å². The average molecular weight is 287 g/mol. The number of nitrogens with zero attached hydrogens (tertiary/aromatic N) is 4. The Kier molecular flexibility index (Phi) is 3.40. The number of aromatic nitrogens is 4. The number of hydrogen-bond acceptors (Lipinski definition) is 5. The second kappa shape index (κ2) is 5.20. The Morgan fingerprint density at radius 2 is 2.10 bits per heavy atom. The molecule has 0 saturated heterocycles. The topological polar surface area (TPSA) is 55.6 Å². The fourth-order valence-electron chi connectivity index (χ4n) is 2.25. The van der Waals surface area contributed by atoms with Crippen molar-refractivity contribution in [1.29, 1.82) is 0 Å². The number of rotatable bonds is 4. The first-order chi connectivity index (χ1) is 9.66. The van der Waals surface area contributed by atoms with Gasteiger partial charge in [0, 0.05) is 37.3 Å². The van der Waals surface area contributed by atoms with Gasteiger partial charge in [-0.3, -0.25) is 0 Å². The molecule has 3 aromatic rings. The minimum absolute atomic E-state index is 0.811. The molecule has 3 rings (SSSR count). The van der Waals surface area contributed by atoms with Crippen molar-refractivity contribution in [2.75, 3.05) is 11.9 Å². The fourth-order valence-corrected chi connectivity index (χ4v) is 3.24. The van der Waals surface area contributed by atoms with Crippen LogP contribution < -0.4 is 5.32 Å². The van der Waals surface area contributed by atoms with Gasteiger partial charge in [-0.15, -0.1) is 11.3 Å². The van der Waals surface area contributed by atoms with Crippen LogP contribution in [0.25, 0.3) is 10.2 Å². The Labute approximate surface area is 121 Å². The molecule has 3 aromatic heterocycles.